The summed E-state index contributed by atoms with van der Waals surface area (Å²) in [6.07, 6.45) is 1.69. The molecule has 12 heavy (non-hydrogen) atoms. The van der Waals surface area contributed by atoms with Gasteiger partial charge in [-0.1, -0.05) is 0 Å². The molecule has 0 unspecified atom stereocenters. The van der Waals surface area contributed by atoms with Gasteiger partial charge in [-0.3, -0.25) is 0 Å². The van der Waals surface area contributed by atoms with E-state index >= 15 is 0 Å². The minimum absolute atomic E-state index is 0.0611. The topological polar surface area (TPSA) is 42.0 Å². The molecular weight excluding hydrogens is 271 g/mol. The quantitative estimate of drug-likeness (QED) is 0.871. The van der Waals surface area contributed by atoms with Crippen molar-refractivity contribution < 1.29 is 49.0 Å². The van der Waals surface area contributed by atoms with Crippen LogP contribution in [0.5, 0.6) is 0 Å². The Morgan fingerprint density at radius 3 is 2.75 bits per heavy atom. The van der Waals surface area contributed by atoms with Gasteiger partial charge in [0.2, 0.25) is 0 Å². The van der Waals surface area contributed by atoms with Gasteiger partial charge in [0.25, 0.3) is 0 Å². The van der Waals surface area contributed by atoms with Crippen molar-refractivity contribution in [1.82, 2.24) is 4.98 Å². The summed E-state index contributed by atoms with van der Waals surface area (Å²) in [6, 6.07) is 3.82. The van der Waals surface area contributed by atoms with E-state index in [2.05, 4.69) is 11.7 Å². The molecule has 0 atom stereocenters. The first kappa shape index (κ1) is 10.3. The molecule has 0 bridgehead atoms. The van der Waals surface area contributed by atoms with E-state index in [1.165, 1.54) is 6.92 Å². The van der Waals surface area contributed by atoms with Crippen LogP contribution in [-0.2, 0) is 4.79 Å². The number of hydrogen-bond donors (Lipinski definition) is 1. The van der Waals surface area contributed by atoms with Gasteiger partial charge in [-0.25, -0.2) is 0 Å². The van der Waals surface area contributed by atoms with Crippen molar-refractivity contribution in [2.75, 3.05) is 5.32 Å². The van der Waals surface area contributed by atoms with E-state index in [-0.39, 0.29) is 50.1 Å². The molecule has 0 spiro atoms. The number of anilines is 1. The molecule has 0 radical (unpaired) electrons. The SMILES string of the molecule is C[Xe]c1ccc(NC(C)=O)cn1. The molecule has 0 saturated carbocycles. The van der Waals surface area contributed by atoms with Crippen molar-refractivity contribution in [3.8, 4) is 0 Å². The maximum absolute atomic E-state index is 10.6. The molecule has 1 rings (SSSR count). The third-order valence-corrected chi connectivity index (χ3v) is 2.85. The van der Waals surface area contributed by atoms with Crippen LogP contribution in [0.25, 0.3) is 0 Å². The molecule has 1 amide bonds. The predicted molar refractivity (Wildman–Crippen MR) is 44.0 cm³/mol. The molecule has 0 aliphatic carbocycles. The van der Waals surface area contributed by atoms with Crippen LogP contribution in [0.4, 0.5) is 5.69 Å². The molecule has 0 saturated heterocycles. The van der Waals surface area contributed by atoms with Crippen LogP contribution in [0, 0.1) is 44.2 Å². The fourth-order valence-electron chi connectivity index (χ4n) is 0.754. The number of carbonyl (C=O) groups is 1. The Labute approximate surface area is 96.3 Å². The zero-order valence-corrected chi connectivity index (χ0v) is 8.96. The van der Waals surface area contributed by atoms with E-state index in [1.54, 1.807) is 6.20 Å². The molecule has 0 aromatic carbocycles. The third-order valence-electron chi connectivity index (χ3n) is 1.22. The molecule has 66 valence electrons. The van der Waals surface area contributed by atoms with Gasteiger partial charge >= 0.3 is 97.7 Å². The summed E-state index contributed by atoms with van der Waals surface area (Å²) in [5.74, 6) is -0.0611. The summed E-state index contributed by atoms with van der Waals surface area (Å²) >= 11 is 0.209. The van der Waals surface area contributed by atoms with Crippen molar-refractivity contribution in [3.63, 3.8) is 0 Å². The van der Waals surface area contributed by atoms with Gasteiger partial charge in [0.1, 0.15) is 0 Å². The van der Waals surface area contributed by atoms with Crippen molar-refractivity contribution in [2.45, 2.75) is 8.32 Å². The molecular formula is C8H10N2OXe. The summed E-state index contributed by atoms with van der Waals surface area (Å²) in [5.41, 5.74) is 0.764. The first-order chi connectivity index (χ1) is 5.72. The van der Waals surface area contributed by atoms with Gasteiger partial charge in [-0.15, -0.1) is 0 Å². The molecule has 0 aliphatic heterocycles. The van der Waals surface area contributed by atoms with Crippen LogP contribution < -0.4 is 5.48 Å². The fraction of sp³-hybridized carbons (Fsp3) is 0.250. The molecule has 3 nitrogen and oxygen atoms in total. The Morgan fingerprint density at radius 1 is 1.58 bits per heavy atom. The number of carbonyl (C=O) groups excluding carboxylic acids is 1. The van der Waals surface area contributed by atoms with Crippen molar-refractivity contribution in [3.05, 3.63) is 18.3 Å². The second-order valence-corrected chi connectivity index (χ2v) is 4.26. The van der Waals surface area contributed by atoms with Crippen molar-refractivity contribution in [1.29, 1.82) is 0 Å². The fourth-order valence-corrected chi connectivity index (χ4v) is 1.65. The first-order valence-corrected chi connectivity index (χ1v) is 6.44. The second kappa shape index (κ2) is 5.04. The zero-order valence-electron chi connectivity index (χ0n) is 6.94. The Kier molecular flexibility index (Phi) is 4.31. The number of nitrogens with zero attached hydrogens (tertiary/aromatic N) is 1. The van der Waals surface area contributed by atoms with Gasteiger partial charge in [0.15, 0.2) is 0 Å². The summed E-state index contributed by atoms with van der Waals surface area (Å²) in [5, 5.41) is 2.66. The Hall–Kier alpha value is 0.191. The number of nitrogens with one attached hydrogen (secondary N) is 1. The summed E-state index contributed by atoms with van der Waals surface area (Å²) in [4.78, 5) is 14.8. The van der Waals surface area contributed by atoms with Crippen LogP contribution in [0.2, 0.25) is 1.39 Å². The number of aromatic nitrogens is 1. The van der Waals surface area contributed by atoms with Gasteiger partial charge in [0.05, 0.1) is 0 Å². The average Bonchev–Trinajstić information content (AvgIpc) is 2.05. The van der Waals surface area contributed by atoms with Crippen LogP contribution >= 0.6 is 0 Å². The van der Waals surface area contributed by atoms with E-state index in [4.69, 9.17) is 0 Å². The van der Waals surface area contributed by atoms with Crippen LogP contribution in [-0.4, -0.2) is 10.9 Å². The van der Waals surface area contributed by atoms with E-state index < -0.39 is 0 Å². The normalized spacial score (nSPS) is 9.83. The molecule has 0 aliphatic rings. The van der Waals surface area contributed by atoms with Crippen LogP contribution in [0.3, 0.4) is 0 Å². The summed E-state index contributed by atoms with van der Waals surface area (Å²) < 4.78 is 3.25. The third kappa shape index (κ3) is 3.28. The predicted octanol–water partition coefficient (Wildman–Crippen LogP) is 0.798. The van der Waals surface area contributed by atoms with Gasteiger partial charge in [0, 0.05) is 0 Å². The molecule has 1 aromatic rings. The van der Waals surface area contributed by atoms with E-state index in [0.717, 1.165) is 5.85 Å². The average molecular weight is 281 g/mol. The van der Waals surface area contributed by atoms with E-state index in [0.29, 0.717) is 0 Å². The minimum atomic E-state index is -0.0611. The molecule has 0 fully saturated rings. The van der Waals surface area contributed by atoms with Gasteiger partial charge < -0.3 is 0 Å². The maximum atomic E-state index is 10.6. The number of rotatable bonds is 2. The Balaban J connectivity index is 2.71. The molecule has 1 N–H and O–H groups in total. The Bertz CT molecular complexity index is 271. The number of hydrogen-bond acceptors (Lipinski definition) is 2. The standard InChI is InChI=1S/C8H10N2OXe/c1-6(11)10-7-3-4-8(12-2)9-5-7/h3-5H,1-2H3,(H,10,11). The van der Waals surface area contributed by atoms with Gasteiger partial charge in [-0.05, 0) is 0 Å². The summed E-state index contributed by atoms with van der Waals surface area (Å²) in [7, 11) is 0. The molecule has 1 aromatic heterocycles. The van der Waals surface area contributed by atoms with Crippen molar-refractivity contribution >= 4 is 11.8 Å². The molecule has 1 heterocycles. The van der Waals surface area contributed by atoms with Gasteiger partial charge in [-0.2, -0.15) is 0 Å². The number of amides is 1. The van der Waals surface area contributed by atoms with Crippen molar-refractivity contribution in [2.24, 2.45) is 0 Å². The van der Waals surface area contributed by atoms with E-state index in [1.807, 2.05) is 12.1 Å². The van der Waals surface area contributed by atoms with Crippen LogP contribution in [0.15, 0.2) is 18.3 Å². The Morgan fingerprint density at radius 2 is 2.33 bits per heavy atom. The summed E-state index contributed by atoms with van der Waals surface area (Å²) in [6.45, 7) is 1.49. The van der Waals surface area contributed by atoms with E-state index in [9.17, 15) is 4.79 Å². The number of pyridine rings is 1. The van der Waals surface area contributed by atoms with Crippen LogP contribution in [0.1, 0.15) is 6.92 Å². The molecule has 4 heteroatoms. The zero-order chi connectivity index (χ0) is 8.97. The first-order valence-electron chi connectivity index (χ1n) is 3.42. The second-order valence-electron chi connectivity index (χ2n) is 2.22. The monoisotopic (exact) mass is 282 g/mol.